The largest absolute Gasteiger partial charge is 0.379 e. The van der Waals surface area contributed by atoms with E-state index in [-0.39, 0.29) is 6.04 Å². The van der Waals surface area contributed by atoms with Crippen LogP contribution in [0.15, 0.2) is 18.2 Å². The van der Waals surface area contributed by atoms with Crippen LogP contribution >= 0.6 is 11.6 Å². The quantitative estimate of drug-likeness (QED) is 0.870. The second kappa shape index (κ2) is 6.50. The molecular formula is C13H20ClN3O. The second-order valence-corrected chi connectivity index (χ2v) is 4.95. The van der Waals surface area contributed by atoms with Gasteiger partial charge in [-0.05, 0) is 30.2 Å². The van der Waals surface area contributed by atoms with E-state index in [1.165, 1.54) is 11.1 Å². The highest BCUT2D eigenvalue weighted by Gasteiger charge is 2.17. The zero-order chi connectivity index (χ0) is 13.0. The highest BCUT2D eigenvalue weighted by Crippen LogP contribution is 2.21. The van der Waals surface area contributed by atoms with Gasteiger partial charge in [0.1, 0.15) is 0 Å². The summed E-state index contributed by atoms with van der Waals surface area (Å²) < 4.78 is 5.33. The molecule has 0 amide bonds. The van der Waals surface area contributed by atoms with Crippen molar-refractivity contribution >= 4 is 11.6 Å². The lowest BCUT2D eigenvalue weighted by atomic mass is 10.0. The molecule has 0 bridgehead atoms. The van der Waals surface area contributed by atoms with Crippen LogP contribution in [0.2, 0.25) is 5.02 Å². The lowest BCUT2D eigenvalue weighted by molar-refractivity contribution is 0.00400. The molecule has 1 aliphatic heterocycles. The maximum absolute atomic E-state index is 5.98. The molecular weight excluding hydrogens is 250 g/mol. The zero-order valence-corrected chi connectivity index (χ0v) is 11.4. The van der Waals surface area contributed by atoms with Crippen LogP contribution in [0.25, 0.3) is 0 Å². The van der Waals surface area contributed by atoms with Gasteiger partial charge < -0.3 is 10.5 Å². The number of benzene rings is 1. The molecule has 100 valence electrons. The topological polar surface area (TPSA) is 50.5 Å². The number of nitrogens with one attached hydrogen (secondary N) is 1. The minimum Gasteiger partial charge on any atom is -0.379 e. The van der Waals surface area contributed by atoms with Gasteiger partial charge in [0, 0.05) is 24.7 Å². The van der Waals surface area contributed by atoms with Crippen LogP contribution in [0, 0.1) is 6.92 Å². The van der Waals surface area contributed by atoms with Crippen molar-refractivity contribution in [2.24, 2.45) is 5.73 Å². The number of aryl methyl sites for hydroxylation is 1. The van der Waals surface area contributed by atoms with Crippen molar-refractivity contribution in [3.63, 3.8) is 0 Å². The molecule has 0 aromatic heterocycles. The molecule has 1 unspecified atom stereocenters. The van der Waals surface area contributed by atoms with Gasteiger partial charge in [-0.15, -0.1) is 0 Å². The first-order chi connectivity index (χ1) is 8.70. The predicted molar refractivity (Wildman–Crippen MR) is 73.5 cm³/mol. The summed E-state index contributed by atoms with van der Waals surface area (Å²) in [5.74, 6) is 0. The highest BCUT2D eigenvalue weighted by molar-refractivity contribution is 6.30. The smallest absolute Gasteiger partial charge is 0.0608 e. The van der Waals surface area contributed by atoms with E-state index in [4.69, 9.17) is 22.1 Å². The molecule has 4 nitrogen and oxygen atoms in total. The molecule has 1 heterocycles. The minimum absolute atomic E-state index is 0.125. The van der Waals surface area contributed by atoms with Crippen LogP contribution < -0.4 is 11.2 Å². The van der Waals surface area contributed by atoms with Crippen LogP contribution in [-0.2, 0) is 4.74 Å². The molecule has 0 saturated carbocycles. The Labute approximate surface area is 113 Å². The van der Waals surface area contributed by atoms with Crippen LogP contribution in [0.3, 0.4) is 0 Å². The number of morpholine rings is 1. The molecule has 1 aromatic carbocycles. The summed E-state index contributed by atoms with van der Waals surface area (Å²) in [6.07, 6.45) is 0. The summed E-state index contributed by atoms with van der Waals surface area (Å²) in [7, 11) is 0. The number of hydrogen-bond donors (Lipinski definition) is 2. The Morgan fingerprint density at radius 3 is 2.78 bits per heavy atom. The van der Waals surface area contributed by atoms with Crippen molar-refractivity contribution in [1.82, 2.24) is 10.4 Å². The minimum atomic E-state index is 0.125. The molecule has 0 radical (unpaired) electrons. The molecule has 1 saturated heterocycles. The van der Waals surface area contributed by atoms with Gasteiger partial charge in [-0.3, -0.25) is 0 Å². The Balaban J connectivity index is 2.07. The van der Waals surface area contributed by atoms with E-state index in [0.717, 1.165) is 31.3 Å². The molecule has 0 spiro atoms. The first kappa shape index (κ1) is 13.8. The average molecular weight is 270 g/mol. The zero-order valence-electron chi connectivity index (χ0n) is 10.7. The molecule has 0 aliphatic carbocycles. The van der Waals surface area contributed by atoms with Crippen LogP contribution in [-0.4, -0.2) is 37.9 Å². The van der Waals surface area contributed by atoms with Crippen molar-refractivity contribution in [2.45, 2.75) is 13.0 Å². The van der Waals surface area contributed by atoms with E-state index in [1.54, 1.807) is 0 Å². The molecule has 1 fully saturated rings. The van der Waals surface area contributed by atoms with Crippen molar-refractivity contribution in [3.8, 4) is 0 Å². The Bertz CT molecular complexity index is 394. The van der Waals surface area contributed by atoms with Crippen LogP contribution in [0.4, 0.5) is 0 Å². The third-order valence-electron chi connectivity index (χ3n) is 3.19. The number of nitrogens with zero attached hydrogens (tertiary/aromatic N) is 1. The third-order valence-corrected chi connectivity index (χ3v) is 3.43. The van der Waals surface area contributed by atoms with Gasteiger partial charge in [-0.2, -0.15) is 0 Å². The maximum atomic E-state index is 5.98. The van der Waals surface area contributed by atoms with Gasteiger partial charge in [0.15, 0.2) is 0 Å². The first-order valence-corrected chi connectivity index (χ1v) is 6.63. The molecule has 1 atom stereocenters. The molecule has 1 aliphatic rings. The fourth-order valence-electron chi connectivity index (χ4n) is 2.19. The van der Waals surface area contributed by atoms with E-state index < -0.39 is 0 Å². The van der Waals surface area contributed by atoms with Crippen molar-refractivity contribution < 1.29 is 4.74 Å². The van der Waals surface area contributed by atoms with Gasteiger partial charge in [-0.1, -0.05) is 17.7 Å². The summed E-state index contributed by atoms with van der Waals surface area (Å²) >= 11 is 5.98. The third kappa shape index (κ3) is 3.43. The van der Waals surface area contributed by atoms with E-state index in [1.807, 2.05) is 18.2 Å². The normalized spacial score (nSPS) is 18.8. The lowest BCUT2D eigenvalue weighted by Crippen LogP contribution is -2.48. The summed E-state index contributed by atoms with van der Waals surface area (Å²) in [6.45, 7) is 5.94. The number of nitrogens with two attached hydrogens (primary N) is 1. The fraction of sp³-hybridized carbons (Fsp3) is 0.538. The summed E-state index contributed by atoms with van der Waals surface area (Å²) in [5.41, 5.74) is 11.7. The molecule has 18 heavy (non-hydrogen) atoms. The van der Waals surface area contributed by atoms with Gasteiger partial charge >= 0.3 is 0 Å². The van der Waals surface area contributed by atoms with E-state index >= 15 is 0 Å². The number of hydrazine groups is 1. The van der Waals surface area contributed by atoms with Crippen LogP contribution in [0.1, 0.15) is 17.2 Å². The molecule has 2 rings (SSSR count). The van der Waals surface area contributed by atoms with Crippen molar-refractivity contribution in [1.29, 1.82) is 0 Å². The van der Waals surface area contributed by atoms with Gasteiger partial charge in [0.05, 0.1) is 19.3 Å². The fourth-order valence-corrected chi connectivity index (χ4v) is 2.42. The summed E-state index contributed by atoms with van der Waals surface area (Å²) in [5, 5.41) is 2.94. The summed E-state index contributed by atoms with van der Waals surface area (Å²) in [6, 6.07) is 6.05. The maximum Gasteiger partial charge on any atom is 0.0608 e. The van der Waals surface area contributed by atoms with Gasteiger partial charge in [0.2, 0.25) is 0 Å². The van der Waals surface area contributed by atoms with Gasteiger partial charge in [0.25, 0.3) is 0 Å². The number of ether oxygens (including phenoxy) is 1. The first-order valence-electron chi connectivity index (χ1n) is 6.25. The Hall–Kier alpha value is -0.650. The Kier molecular flexibility index (Phi) is 4.97. The van der Waals surface area contributed by atoms with Crippen LogP contribution in [0.5, 0.6) is 0 Å². The van der Waals surface area contributed by atoms with Gasteiger partial charge in [-0.25, -0.2) is 10.4 Å². The Morgan fingerprint density at radius 2 is 2.17 bits per heavy atom. The standard InChI is InChI=1S/C13H20ClN3O/c1-10-8-11(14)2-3-12(10)13(9-15)16-17-4-6-18-7-5-17/h2-3,8,13,16H,4-7,9,15H2,1H3. The monoisotopic (exact) mass is 269 g/mol. The van der Waals surface area contributed by atoms with Crippen molar-refractivity contribution in [3.05, 3.63) is 34.3 Å². The predicted octanol–water partition coefficient (Wildman–Crippen LogP) is 1.49. The van der Waals surface area contributed by atoms with Crippen molar-refractivity contribution in [2.75, 3.05) is 32.8 Å². The van der Waals surface area contributed by atoms with E-state index in [9.17, 15) is 0 Å². The number of halogens is 1. The highest BCUT2D eigenvalue weighted by atomic mass is 35.5. The summed E-state index contributed by atoms with van der Waals surface area (Å²) in [4.78, 5) is 0. The lowest BCUT2D eigenvalue weighted by Gasteiger charge is -2.32. The molecule has 1 aromatic rings. The second-order valence-electron chi connectivity index (χ2n) is 4.52. The number of rotatable bonds is 4. The average Bonchev–Trinajstić information content (AvgIpc) is 2.38. The molecule has 5 heteroatoms. The SMILES string of the molecule is Cc1cc(Cl)ccc1C(CN)NN1CCOCC1. The number of hydrogen-bond acceptors (Lipinski definition) is 4. The molecule has 3 N–H and O–H groups in total. The van der Waals surface area contributed by atoms with E-state index in [2.05, 4.69) is 17.4 Å². The van der Waals surface area contributed by atoms with E-state index in [0.29, 0.717) is 6.54 Å². The Morgan fingerprint density at radius 1 is 1.44 bits per heavy atom.